The van der Waals surface area contributed by atoms with E-state index in [4.69, 9.17) is 4.74 Å². The monoisotopic (exact) mass is 262 g/mol. The van der Waals surface area contributed by atoms with Gasteiger partial charge < -0.3 is 4.74 Å². The maximum absolute atomic E-state index is 6.24. The third kappa shape index (κ3) is 3.54. The van der Waals surface area contributed by atoms with Crippen LogP contribution in [0.15, 0.2) is 0 Å². The zero-order valence-corrected chi connectivity index (χ0v) is 11.5. The Balaban J connectivity index is 2.65. The molecule has 0 aromatic rings. The summed E-state index contributed by atoms with van der Waals surface area (Å²) < 4.78 is 6.24. The lowest BCUT2D eigenvalue weighted by Gasteiger charge is -2.43. The quantitative estimate of drug-likeness (QED) is 0.680. The molecule has 1 aliphatic rings. The number of rotatable bonds is 2. The second-order valence-electron chi connectivity index (χ2n) is 5.73. The maximum atomic E-state index is 6.24. The van der Waals surface area contributed by atoms with Crippen LogP contribution in [-0.2, 0) is 4.74 Å². The molecule has 1 aliphatic carbocycles. The zero-order valence-electron chi connectivity index (χ0n) is 9.90. The molecule has 1 saturated carbocycles. The van der Waals surface area contributed by atoms with E-state index in [1.54, 1.807) is 0 Å². The Bertz CT molecular complexity index is 185. The van der Waals surface area contributed by atoms with Gasteiger partial charge >= 0.3 is 0 Å². The van der Waals surface area contributed by atoms with Crippen molar-refractivity contribution in [1.29, 1.82) is 0 Å². The second-order valence-corrected chi connectivity index (χ2v) is 6.29. The van der Waals surface area contributed by atoms with Crippen molar-refractivity contribution in [2.24, 2.45) is 5.92 Å². The molecule has 0 aliphatic heterocycles. The van der Waals surface area contributed by atoms with Crippen molar-refractivity contribution in [3.63, 3.8) is 0 Å². The van der Waals surface area contributed by atoms with Gasteiger partial charge in [0.05, 0.1) is 11.2 Å². The smallest absolute Gasteiger partial charge is 0.0788 e. The molecule has 0 aromatic heterocycles. The Morgan fingerprint density at radius 1 is 1.43 bits per heavy atom. The van der Waals surface area contributed by atoms with Crippen molar-refractivity contribution < 1.29 is 4.74 Å². The highest BCUT2D eigenvalue weighted by Crippen LogP contribution is 2.38. The highest BCUT2D eigenvalue weighted by molar-refractivity contribution is 9.09. The number of halogens is 1. The molecule has 1 nitrogen and oxygen atoms in total. The van der Waals surface area contributed by atoms with Crippen molar-refractivity contribution in [2.45, 2.75) is 64.6 Å². The standard InChI is InChI=1S/C12H23BrO/c1-10-6-5-7-12(8-10,9-13)14-11(2,3)4/h10H,5-9H2,1-4H3. The number of hydrogen-bond donors (Lipinski definition) is 0. The first-order valence-electron chi connectivity index (χ1n) is 5.63. The predicted molar refractivity (Wildman–Crippen MR) is 65.0 cm³/mol. The molecule has 2 unspecified atom stereocenters. The summed E-state index contributed by atoms with van der Waals surface area (Å²) in [6.07, 6.45) is 5.08. The van der Waals surface area contributed by atoms with Crippen LogP contribution >= 0.6 is 15.9 Å². The lowest BCUT2D eigenvalue weighted by molar-refractivity contribution is -0.141. The molecule has 1 fully saturated rings. The Morgan fingerprint density at radius 2 is 2.07 bits per heavy atom. The Kier molecular flexibility index (Phi) is 4.04. The normalized spacial score (nSPS) is 34.5. The summed E-state index contributed by atoms with van der Waals surface area (Å²) in [7, 11) is 0. The minimum atomic E-state index is -0.0230. The van der Waals surface area contributed by atoms with E-state index in [-0.39, 0.29) is 11.2 Å². The van der Waals surface area contributed by atoms with Crippen LogP contribution < -0.4 is 0 Å². The Morgan fingerprint density at radius 3 is 2.50 bits per heavy atom. The van der Waals surface area contributed by atoms with E-state index in [0.29, 0.717) is 0 Å². The van der Waals surface area contributed by atoms with E-state index in [2.05, 4.69) is 43.6 Å². The van der Waals surface area contributed by atoms with Crippen LogP contribution in [-0.4, -0.2) is 16.5 Å². The van der Waals surface area contributed by atoms with Gasteiger partial charge in [-0.15, -0.1) is 0 Å². The zero-order chi connectivity index (χ0) is 10.8. The van der Waals surface area contributed by atoms with Crippen molar-refractivity contribution in [2.75, 3.05) is 5.33 Å². The first-order valence-corrected chi connectivity index (χ1v) is 6.75. The van der Waals surface area contributed by atoms with Gasteiger partial charge in [-0.2, -0.15) is 0 Å². The lowest BCUT2D eigenvalue weighted by atomic mass is 9.79. The Labute approximate surface area is 96.7 Å². The molecule has 0 heterocycles. The van der Waals surface area contributed by atoms with Gasteiger partial charge in [-0.25, -0.2) is 0 Å². The van der Waals surface area contributed by atoms with Crippen molar-refractivity contribution in [3.8, 4) is 0 Å². The molecule has 0 aromatic carbocycles. The summed E-state index contributed by atoms with van der Waals surface area (Å²) in [6.45, 7) is 8.78. The van der Waals surface area contributed by atoms with Gasteiger partial charge in [-0.3, -0.25) is 0 Å². The molecule has 0 spiro atoms. The summed E-state index contributed by atoms with van der Waals surface area (Å²) in [5, 5.41) is 0.974. The predicted octanol–water partition coefficient (Wildman–Crippen LogP) is 4.15. The van der Waals surface area contributed by atoms with Gasteiger partial charge in [0.25, 0.3) is 0 Å². The molecule has 2 atom stereocenters. The van der Waals surface area contributed by atoms with Crippen LogP contribution in [0.4, 0.5) is 0 Å². The fourth-order valence-corrected chi connectivity index (χ4v) is 3.13. The number of alkyl halides is 1. The van der Waals surface area contributed by atoms with E-state index < -0.39 is 0 Å². The van der Waals surface area contributed by atoms with E-state index in [9.17, 15) is 0 Å². The van der Waals surface area contributed by atoms with Gasteiger partial charge in [-0.1, -0.05) is 35.7 Å². The molecule has 14 heavy (non-hydrogen) atoms. The molecule has 0 radical (unpaired) electrons. The third-order valence-electron chi connectivity index (χ3n) is 2.82. The largest absolute Gasteiger partial charge is 0.369 e. The highest BCUT2D eigenvalue weighted by atomic mass is 79.9. The lowest BCUT2D eigenvalue weighted by Crippen LogP contribution is -2.44. The minimum Gasteiger partial charge on any atom is -0.369 e. The molecule has 1 rings (SSSR count). The first-order chi connectivity index (χ1) is 6.37. The molecule has 0 bridgehead atoms. The molecule has 0 amide bonds. The van der Waals surface area contributed by atoms with E-state index in [0.717, 1.165) is 11.2 Å². The van der Waals surface area contributed by atoms with Crippen LogP contribution in [0.1, 0.15) is 53.4 Å². The van der Waals surface area contributed by atoms with E-state index in [1.165, 1.54) is 25.7 Å². The second kappa shape index (κ2) is 4.52. The topological polar surface area (TPSA) is 9.23 Å². The van der Waals surface area contributed by atoms with E-state index in [1.807, 2.05) is 0 Å². The van der Waals surface area contributed by atoms with Crippen molar-refractivity contribution in [3.05, 3.63) is 0 Å². The van der Waals surface area contributed by atoms with Gasteiger partial charge in [0.15, 0.2) is 0 Å². The first kappa shape index (κ1) is 12.5. The maximum Gasteiger partial charge on any atom is 0.0788 e. The highest BCUT2D eigenvalue weighted by Gasteiger charge is 2.38. The van der Waals surface area contributed by atoms with Gasteiger partial charge in [0.2, 0.25) is 0 Å². The van der Waals surface area contributed by atoms with Crippen molar-refractivity contribution in [1.82, 2.24) is 0 Å². The summed E-state index contributed by atoms with van der Waals surface area (Å²) in [5.41, 5.74) is 0.0702. The van der Waals surface area contributed by atoms with Crippen LogP contribution in [0.2, 0.25) is 0 Å². The minimum absolute atomic E-state index is 0.0230. The molecule has 0 N–H and O–H groups in total. The summed E-state index contributed by atoms with van der Waals surface area (Å²) in [4.78, 5) is 0. The SMILES string of the molecule is CC1CCCC(CBr)(OC(C)(C)C)C1. The van der Waals surface area contributed by atoms with Crippen LogP contribution in [0.25, 0.3) is 0 Å². The van der Waals surface area contributed by atoms with Gasteiger partial charge in [-0.05, 0) is 39.5 Å². The van der Waals surface area contributed by atoms with Crippen LogP contribution in [0.5, 0.6) is 0 Å². The summed E-state index contributed by atoms with van der Waals surface area (Å²) >= 11 is 3.62. The molecule has 2 heteroatoms. The van der Waals surface area contributed by atoms with Crippen LogP contribution in [0.3, 0.4) is 0 Å². The molecule has 84 valence electrons. The van der Waals surface area contributed by atoms with Gasteiger partial charge in [0, 0.05) is 5.33 Å². The molecular weight excluding hydrogens is 240 g/mol. The third-order valence-corrected chi connectivity index (χ3v) is 3.84. The van der Waals surface area contributed by atoms with Gasteiger partial charge in [0.1, 0.15) is 0 Å². The fourth-order valence-electron chi connectivity index (χ4n) is 2.50. The summed E-state index contributed by atoms with van der Waals surface area (Å²) in [6, 6.07) is 0. The molecular formula is C12H23BrO. The van der Waals surface area contributed by atoms with Crippen molar-refractivity contribution >= 4 is 15.9 Å². The van der Waals surface area contributed by atoms with E-state index >= 15 is 0 Å². The number of hydrogen-bond acceptors (Lipinski definition) is 1. The summed E-state index contributed by atoms with van der Waals surface area (Å²) in [5.74, 6) is 0.809. The fraction of sp³-hybridized carbons (Fsp3) is 1.00. The average molecular weight is 263 g/mol. The molecule has 0 saturated heterocycles. The average Bonchev–Trinajstić information content (AvgIpc) is 2.01. The number of ether oxygens (including phenoxy) is 1. The van der Waals surface area contributed by atoms with Crippen LogP contribution in [0, 0.1) is 5.92 Å². The Hall–Kier alpha value is 0.440.